The van der Waals surface area contributed by atoms with Crippen LogP contribution in [0, 0.1) is 5.92 Å². The lowest BCUT2D eigenvalue weighted by Crippen LogP contribution is -2.37. The fraction of sp³-hybridized carbons (Fsp3) is 1.00. The van der Waals surface area contributed by atoms with Crippen molar-refractivity contribution in [3.63, 3.8) is 0 Å². The van der Waals surface area contributed by atoms with E-state index in [-0.39, 0.29) is 6.10 Å². The summed E-state index contributed by atoms with van der Waals surface area (Å²) in [5.41, 5.74) is 0. The molecule has 0 spiro atoms. The Balaban J connectivity index is 1.90. The molecule has 0 bridgehead atoms. The van der Waals surface area contributed by atoms with E-state index in [4.69, 9.17) is 4.74 Å². The van der Waals surface area contributed by atoms with Gasteiger partial charge in [0.1, 0.15) is 0 Å². The minimum absolute atomic E-state index is 0.272. The standard InChI is InChI=1S/C9H15FO2/c10-12-9-6-5-7-3-1-2-4-8(7)11-9/h7-9H,1-6H2. The zero-order valence-electron chi connectivity index (χ0n) is 7.17. The van der Waals surface area contributed by atoms with Gasteiger partial charge in [-0.3, -0.25) is 0 Å². The Morgan fingerprint density at radius 3 is 2.75 bits per heavy atom. The van der Waals surface area contributed by atoms with Crippen molar-refractivity contribution in [2.24, 2.45) is 5.92 Å². The van der Waals surface area contributed by atoms with Crippen molar-refractivity contribution in [3.8, 4) is 0 Å². The van der Waals surface area contributed by atoms with Crippen molar-refractivity contribution in [3.05, 3.63) is 0 Å². The van der Waals surface area contributed by atoms with Gasteiger partial charge in [-0.1, -0.05) is 12.8 Å². The van der Waals surface area contributed by atoms with Crippen LogP contribution in [0.25, 0.3) is 0 Å². The molecule has 0 aromatic carbocycles. The predicted molar refractivity (Wildman–Crippen MR) is 42.0 cm³/mol. The Hall–Kier alpha value is -0.150. The first-order valence-corrected chi connectivity index (χ1v) is 4.83. The highest BCUT2D eigenvalue weighted by atomic mass is 19.3. The van der Waals surface area contributed by atoms with Gasteiger partial charge in [0.2, 0.25) is 0 Å². The van der Waals surface area contributed by atoms with E-state index in [1.54, 1.807) is 0 Å². The van der Waals surface area contributed by atoms with E-state index >= 15 is 0 Å². The Bertz CT molecular complexity index is 151. The maximum atomic E-state index is 11.8. The topological polar surface area (TPSA) is 18.5 Å². The maximum Gasteiger partial charge on any atom is 0.196 e. The average molecular weight is 174 g/mol. The third-order valence-corrected chi connectivity index (χ3v) is 3.04. The zero-order chi connectivity index (χ0) is 8.39. The molecule has 3 atom stereocenters. The highest BCUT2D eigenvalue weighted by Crippen LogP contribution is 2.35. The van der Waals surface area contributed by atoms with Gasteiger partial charge in [-0.25, -0.2) is 0 Å². The van der Waals surface area contributed by atoms with Gasteiger partial charge in [0.15, 0.2) is 6.29 Å². The van der Waals surface area contributed by atoms with Crippen molar-refractivity contribution in [1.82, 2.24) is 0 Å². The van der Waals surface area contributed by atoms with Crippen LogP contribution in [0.15, 0.2) is 0 Å². The second kappa shape index (κ2) is 3.71. The smallest absolute Gasteiger partial charge is 0.196 e. The summed E-state index contributed by atoms with van der Waals surface area (Å²) in [5, 5.41) is 0. The van der Waals surface area contributed by atoms with Crippen LogP contribution in [0.1, 0.15) is 38.5 Å². The molecule has 1 saturated carbocycles. The number of fused-ring (bicyclic) bond motifs is 1. The van der Waals surface area contributed by atoms with E-state index in [1.165, 1.54) is 19.3 Å². The predicted octanol–water partition coefficient (Wildman–Crippen LogP) is 2.58. The number of rotatable bonds is 1. The second-order valence-corrected chi connectivity index (χ2v) is 3.82. The summed E-state index contributed by atoms with van der Waals surface area (Å²) in [5.74, 6) is 0.671. The van der Waals surface area contributed by atoms with E-state index < -0.39 is 6.29 Å². The molecular weight excluding hydrogens is 159 g/mol. The average Bonchev–Trinajstić information content (AvgIpc) is 2.17. The molecule has 0 amide bonds. The lowest BCUT2D eigenvalue weighted by molar-refractivity contribution is -0.310. The van der Waals surface area contributed by atoms with Crippen molar-refractivity contribution in [2.45, 2.75) is 50.9 Å². The van der Waals surface area contributed by atoms with E-state index in [1.807, 2.05) is 0 Å². The summed E-state index contributed by atoms with van der Waals surface area (Å²) >= 11 is 0. The summed E-state index contributed by atoms with van der Waals surface area (Å²) in [6, 6.07) is 0. The summed E-state index contributed by atoms with van der Waals surface area (Å²) < 4.78 is 17.3. The van der Waals surface area contributed by atoms with Crippen LogP contribution < -0.4 is 0 Å². The van der Waals surface area contributed by atoms with Crippen LogP contribution in [0.5, 0.6) is 0 Å². The van der Waals surface area contributed by atoms with Gasteiger partial charge in [0.05, 0.1) is 6.10 Å². The molecular formula is C9H15FO2. The first kappa shape index (κ1) is 8.45. The lowest BCUT2D eigenvalue weighted by Gasteiger charge is -2.37. The van der Waals surface area contributed by atoms with Gasteiger partial charge in [-0.2, -0.15) is 4.94 Å². The van der Waals surface area contributed by atoms with Gasteiger partial charge in [0.25, 0.3) is 0 Å². The summed E-state index contributed by atoms with van der Waals surface area (Å²) in [6.07, 6.45) is 6.36. The third kappa shape index (κ3) is 1.62. The molecule has 2 aliphatic rings. The van der Waals surface area contributed by atoms with Crippen LogP contribution in [0.3, 0.4) is 0 Å². The molecule has 12 heavy (non-hydrogen) atoms. The quantitative estimate of drug-likeness (QED) is 0.608. The number of hydrogen-bond acceptors (Lipinski definition) is 2. The molecule has 1 saturated heterocycles. The highest BCUT2D eigenvalue weighted by molar-refractivity contribution is 4.79. The molecule has 1 aliphatic carbocycles. The van der Waals surface area contributed by atoms with E-state index in [0.29, 0.717) is 5.92 Å². The Kier molecular flexibility index (Phi) is 2.61. The minimum Gasteiger partial charge on any atom is -0.346 e. The van der Waals surface area contributed by atoms with Gasteiger partial charge in [0, 0.05) is 6.42 Å². The first-order chi connectivity index (χ1) is 5.90. The van der Waals surface area contributed by atoms with Crippen LogP contribution in [0.2, 0.25) is 0 Å². The third-order valence-electron chi connectivity index (χ3n) is 3.04. The summed E-state index contributed by atoms with van der Waals surface area (Å²) in [7, 11) is 0. The monoisotopic (exact) mass is 174 g/mol. The molecule has 2 rings (SSSR count). The van der Waals surface area contributed by atoms with Crippen LogP contribution in [0.4, 0.5) is 4.53 Å². The van der Waals surface area contributed by atoms with Crippen molar-refractivity contribution in [1.29, 1.82) is 0 Å². The first-order valence-electron chi connectivity index (χ1n) is 4.83. The fourth-order valence-corrected chi connectivity index (χ4v) is 2.36. The lowest BCUT2D eigenvalue weighted by atomic mass is 9.82. The van der Waals surface area contributed by atoms with E-state index in [0.717, 1.165) is 19.3 Å². The van der Waals surface area contributed by atoms with Crippen molar-refractivity contribution >= 4 is 0 Å². The van der Waals surface area contributed by atoms with E-state index in [9.17, 15) is 4.53 Å². The molecule has 0 aromatic rings. The molecule has 2 fully saturated rings. The molecule has 2 nitrogen and oxygen atoms in total. The SMILES string of the molecule is FOC1CCC2CCCCC2O1. The van der Waals surface area contributed by atoms with Gasteiger partial charge in [-0.15, -0.1) is 0 Å². The molecule has 1 aliphatic heterocycles. The van der Waals surface area contributed by atoms with Gasteiger partial charge >= 0.3 is 0 Å². The number of hydrogen-bond donors (Lipinski definition) is 0. The maximum absolute atomic E-state index is 11.8. The van der Waals surface area contributed by atoms with Crippen molar-refractivity contribution in [2.75, 3.05) is 0 Å². The summed E-state index contributed by atoms with van der Waals surface area (Å²) in [6.45, 7) is 0. The number of halogens is 1. The fourth-order valence-electron chi connectivity index (χ4n) is 2.36. The Morgan fingerprint density at radius 2 is 1.92 bits per heavy atom. The molecule has 70 valence electrons. The summed E-state index contributed by atoms with van der Waals surface area (Å²) in [4.78, 5) is 3.72. The molecule has 3 heteroatoms. The number of ether oxygens (including phenoxy) is 1. The van der Waals surface area contributed by atoms with E-state index in [2.05, 4.69) is 4.94 Å². The molecule has 0 aromatic heterocycles. The van der Waals surface area contributed by atoms with Crippen LogP contribution in [-0.2, 0) is 9.68 Å². The normalized spacial score (nSPS) is 42.2. The molecule has 0 radical (unpaired) electrons. The zero-order valence-corrected chi connectivity index (χ0v) is 7.17. The van der Waals surface area contributed by atoms with Gasteiger partial charge < -0.3 is 4.74 Å². The highest BCUT2D eigenvalue weighted by Gasteiger charge is 2.33. The van der Waals surface area contributed by atoms with Gasteiger partial charge in [-0.05, 0) is 29.7 Å². The largest absolute Gasteiger partial charge is 0.346 e. The second-order valence-electron chi connectivity index (χ2n) is 3.82. The minimum atomic E-state index is -0.579. The Morgan fingerprint density at radius 1 is 1.08 bits per heavy atom. The van der Waals surface area contributed by atoms with Crippen LogP contribution >= 0.6 is 0 Å². The van der Waals surface area contributed by atoms with Crippen LogP contribution in [-0.4, -0.2) is 12.4 Å². The van der Waals surface area contributed by atoms with Crippen molar-refractivity contribution < 1.29 is 14.2 Å². The molecule has 1 heterocycles. The molecule has 0 N–H and O–H groups in total. The molecule has 3 unspecified atom stereocenters. The Labute approximate surface area is 71.9 Å².